The fourth-order valence-electron chi connectivity index (χ4n) is 4.40. The summed E-state index contributed by atoms with van der Waals surface area (Å²) in [7, 11) is 0. The Labute approximate surface area is 189 Å². The molecule has 0 heterocycles. The van der Waals surface area contributed by atoms with E-state index in [0.29, 0.717) is 6.54 Å². The highest BCUT2D eigenvalue weighted by molar-refractivity contribution is 5.67. The summed E-state index contributed by atoms with van der Waals surface area (Å²) in [6.07, 6.45) is 15.2. The summed E-state index contributed by atoms with van der Waals surface area (Å²) in [6.45, 7) is 1.71. The van der Waals surface area contributed by atoms with Gasteiger partial charge < -0.3 is 30.0 Å². The van der Waals surface area contributed by atoms with Crippen molar-refractivity contribution in [2.45, 2.75) is 109 Å². The van der Waals surface area contributed by atoms with E-state index in [9.17, 15) is 30.3 Å². The number of carboxylic acid groups (broad SMARTS) is 1. The number of hydrogen-bond donors (Lipinski definition) is 5. The zero-order chi connectivity index (χ0) is 23.4. The van der Waals surface area contributed by atoms with Crippen molar-refractivity contribution in [2.75, 3.05) is 39.4 Å². The number of hydrogen-bond acceptors (Lipinski definition) is 5. The highest BCUT2D eigenvalue weighted by atomic mass is 16.4. The monoisotopic (exact) mass is 448 g/mol. The van der Waals surface area contributed by atoms with Crippen LogP contribution in [0.4, 0.5) is 0 Å². The quantitative estimate of drug-likeness (QED) is 0.121. The van der Waals surface area contributed by atoms with Crippen molar-refractivity contribution in [3.05, 3.63) is 0 Å². The predicted molar refractivity (Wildman–Crippen MR) is 124 cm³/mol. The minimum absolute atomic E-state index is 0.0307. The Balaban J connectivity index is 4.11. The molecule has 0 radical (unpaired) electrons. The van der Waals surface area contributed by atoms with Gasteiger partial charge in [0.25, 0.3) is 0 Å². The minimum Gasteiger partial charge on any atom is -0.477 e. The van der Waals surface area contributed by atoms with E-state index in [2.05, 4.69) is 6.92 Å². The van der Waals surface area contributed by atoms with Crippen molar-refractivity contribution < 1.29 is 34.8 Å². The van der Waals surface area contributed by atoms with Gasteiger partial charge in [-0.3, -0.25) is 0 Å². The van der Waals surface area contributed by atoms with Gasteiger partial charge in [-0.05, 0) is 12.8 Å². The van der Waals surface area contributed by atoms with E-state index in [4.69, 9.17) is 0 Å². The maximum Gasteiger partial charge on any atom is 0.359 e. The molecule has 7 nitrogen and oxygen atoms in total. The molecule has 0 bridgehead atoms. The van der Waals surface area contributed by atoms with Crippen molar-refractivity contribution in [1.82, 2.24) is 0 Å². The highest BCUT2D eigenvalue weighted by Crippen LogP contribution is 2.16. The van der Waals surface area contributed by atoms with E-state index in [1.807, 2.05) is 0 Å². The van der Waals surface area contributed by atoms with Crippen molar-refractivity contribution in [3.8, 4) is 0 Å². The molecule has 2 unspecified atom stereocenters. The van der Waals surface area contributed by atoms with Crippen LogP contribution in [0, 0.1) is 0 Å². The Morgan fingerprint density at radius 2 is 1.03 bits per heavy atom. The molecule has 0 aliphatic heterocycles. The number of quaternary nitrogens is 1. The Kier molecular flexibility index (Phi) is 19.4. The molecule has 0 spiro atoms. The first-order chi connectivity index (χ1) is 14.9. The molecule has 0 aromatic carbocycles. The van der Waals surface area contributed by atoms with Gasteiger partial charge in [-0.15, -0.1) is 0 Å². The molecular formula is C24H50NO6+. The van der Waals surface area contributed by atoms with Crippen LogP contribution in [0.1, 0.15) is 96.8 Å². The van der Waals surface area contributed by atoms with Gasteiger partial charge in [-0.1, -0.05) is 84.0 Å². The number of carbonyl (C=O) groups is 1. The van der Waals surface area contributed by atoms with Gasteiger partial charge in [0.1, 0.15) is 25.3 Å². The first-order valence-electron chi connectivity index (χ1n) is 12.5. The summed E-state index contributed by atoms with van der Waals surface area (Å²) < 4.78 is -0.0307. The molecule has 2 atom stereocenters. The lowest BCUT2D eigenvalue weighted by Crippen LogP contribution is -2.59. The third kappa shape index (κ3) is 17.5. The zero-order valence-electron chi connectivity index (χ0n) is 19.9. The van der Waals surface area contributed by atoms with Gasteiger partial charge in [0, 0.05) is 0 Å². The van der Waals surface area contributed by atoms with E-state index in [1.54, 1.807) is 0 Å². The molecule has 186 valence electrons. The minimum atomic E-state index is -1.04. The highest BCUT2D eigenvalue weighted by Gasteiger charge is 2.34. The summed E-state index contributed by atoms with van der Waals surface area (Å²) in [5.74, 6) is -1.01. The van der Waals surface area contributed by atoms with E-state index in [1.165, 1.54) is 70.6 Å². The van der Waals surface area contributed by atoms with E-state index >= 15 is 0 Å². The second-order valence-corrected chi connectivity index (χ2v) is 9.25. The average molecular weight is 449 g/mol. The lowest BCUT2D eigenvalue weighted by Gasteiger charge is -2.39. The molecule has 5 N–H and O–H groups in total. The Morgan fingerprint density at radius 3 is 1.35 bits per heavy atom. The van der Waals surface area contributed by atoms with E-state index in [-0.39, 0.29) is 24.1 Å². The van der Waals surface area contributed by atoms with Gasteiger partial charge in [0.15, 0.2) is 6.54 Å². The number of unbranched alkanes of at least 4 members (excludes halogenated alkanes) is 13. The van der Waals surface area contributed by atoms with E-state index < -0.39 is 31.4 Å². The molecule has 7 heteroatoms. The fraction of sp³-hybridized carbons (Fsp3) is 0.958. The molecule has 0 aliphatic carbocycles. The largest absolute Gasteiger partial charge is 0.477 e. The standard InChI is InChI=1S/C24H49NO6/c1-2-3-4-5-6-7-8-9-10-11-12-13-14-15-16-25(19-24(30)31,17-22(28)20-26)18-23(29)21-27/h22-23,26-29H,2-21H2,1H3/p+1. The summed E-state index contributed by atoms with van der Waals surface area (Å²) >= 11 is 0. The van der Waals surface area contributed by atoms with Crippen molar-refractivity contribution in [1.29, 1.82) is 0 Å². The molecule has 0 saturated carbocycles. The maximum absolute atomic E-state index is 11.4. The summed E-state index contributed by atoms with van der Waals surface area (Å²) in [5.41, 5.74) is 0. The predicted octanol–water partition coefficient (Wildman–Crippen LogP) is 3.08. The summed E-state index contributed by atoms with van der Waals surface area (Å²) in [5, 5.41) is 47.5. The van der Waals surface area contributed by atoms with Crippen LogP contribution in [0.25, 0.3) is 0 Å². The molecule has 0 aromatic heterocycles. The van der Waals surface area contributed by atoms with Crippen LogP contribution in [-0.2, 0) is 4.79 Å². The first-order valence-corrected chi connectivity index (χ1v) is 12.5. The second kappa shape index (κ2) is 19.9. The number of aliphatic hydroxyl groups excluding tert-OH is 4. The fourth-order valence-corrected chi connectivity index (χ4v) is 4.40. The van der Waals surface area contributed by atoms with Crippen LogP contribution >= 0.6 is 0 Å². The molecule has 0 amide bonds. The van der Waals surface area contributed by atoms with Crippen molar-refractivity contribution in [2.24, 2.45) is 0 Å². The number of carboxylic acids is 1. The number of rotatable bonds is 23. The molecule has 0 aromatic rings. The molecule has 0 aliphatic rings. The molecule has 0 rings (SSSR count). The van der Waals surface area contributed by atoms with Gasteiger partial charge in [0.2, 0.25) is 0 Å². The van der Waals surface area contributed by atoms with Gasteiger partial charge in [0.05, 0.1) is 19.8 Å². The smallest absolute Gasteiger partial charge is 0.359 e. The topological polar surface area (TPSA) is 118 Å². The molecule has 0 fully saturated rings. The van der Waals surface area contributed by atoms with Gasteiger partial charge in [-0.25, -0.2) is 4.79 Å². The molecular weight excluding hydrogens is 398 g/mol. The third-order valence-corrected chi connectivity index (χ3v) is 6.07. The van der Waals surface area contributed by atoms with Crippen molar-refractivity contribution in [3.63, 3.8) is 0 Å². The van der Waals surface area contributed by atoms with Crippen LogP contribution in [0.3, 0.4) is 0 Å². The van der Waals surface area contributed by atoms with Crippen LogP contribution in [0.5, 0.6) is 0 Å². The molecule has 0 saturated heterocycles. The van der Waals surface area contributed by atoms with Crippen LogP contribution in [-0.4, -0.2) is 87.6 Å². The Bertz CT molecular complexity index is 409. The van der Waals surface area contributed by atoms with Crippen LogP contribution in [0.2, 0.25) is 0 Å². The summed E-state index contributed by atoms with van der Waals surface area (Å²) in [6, 6.07) is 0. The SMILES string of the molecule is CCCCCCCCCCCCCCCC[N+](CC(=O)O)(CC(O)CO)CC(O)CO. The average Bonchev–Trinajstić information content (AvgIpc) is 2.73. The Hall–Kier alpha value is -0.730. The lowest BCUT2D eigenvalue weighted by atomic mass is 10.0. The van der Waals surface area contributed by atoms with Gasteiger partial charge >= 0.3 is 5.97 Å². The normalized spacial score (nSPS) is 15.5. The van der Waals surface area contributed by atoms with Crippen molar-refractivity contribution >= 4 is 5.97 Å². The van der Waals surface area contributed by atoms with E-state index in [0.717, 1.165) is 19.3 Å². The number of aliphatic hydroxyl groups is 4. The maximum atomic E-state index is 11.4. The first kappa shape index (κ1) is 30.3. The van der Waals surface area contributed by atoms with Crippen LogP contribution in [0.15, 0.2) is 0 Å². The van der Waals surface area contributed by atoms with Gasteiger partial charge in [-0.2, -0.15) is 0 Å². The third-order valence-electron chi connectivity index (χ3n) is 6.07. The summed E-state index contributed by atoms with van der Waals surface area (Å²) in [4.78, 5) is 11.4. The van der Waals surface area contributed by atoms with Crippen LogP contribution < -0.4 is 0 Å². The molecule has 31 heavy (non-hydrogen) atoms. The number of aliphatic carboxylic acids is 1. The number of nitrogens with zero attached hydrogens (tertiary/aromatic N) is 1. The second-order valence-electron chi connectivity index (χ2n) is 9.25. The Morgan fingerprint density at radius 1 is 0.677 bits per heavy atom. The lowest BCUT2D eigenvalue weighted by molar-refractivity contribution is -0.927. The zero-order valence-corrected chi connectivity index (χ0v) is 19.9.